The fourth-order valence-corrected chi connectivity index (χ4v) is 3.60. The van der Waals surface area contributed by atoms with Gasteiger partial charge in [0, 0.05) is 22.8 Å². The summed E-state index contributed by atoms with van der Waals surface area (Å²) in [6.07, 6.45) is 3.32. The Balaban J connectivity index is 2.04. The maximum atomic E-state index is 12.5. The lowest BCUT2D eigenvalue weighted by atomic mass is 10.1. The summed E-state index contributed by atoms with van der Waals surface area (Å²) in [5, 5.41) is 1.43. The number of halogens is 1. The number of carbonyl (C=O) groups excluding carboxylic acids is 1. The predicted octanol–water partition coefficient (Wildman–Crippen LogP) is 4.93. The summed E-state index contributed by atoms with van der Waals surface area (Å²) in [5.41, 5.74) is 2.27. The van der Waals surface area contributed by atoms with Gasteiger partial charge in [0.15, 0.2) is 11.5 Å². The second kappa shape index (κ2) is 8.65. The zero-order valence-corrected chi connectivity index (χ0v) is 18.0. The van der Waals surface area contributed by atoms with Gasteiger partial charge in [0.05, 0.1) is 32.0 Å². The molecule has 0 bridgehead atoms. The zero-order chi connectivity index (χ0) is 22.0. The molecule has 0 atom stereocenters. The van der Waals surface area contributed by atoms with Crippen molar-refractivity contribution in [2.45, 2.75) is 6.92 Å². The molecule has 4 rings (SSSR count). The third-order valence-electron chi connectivity index (χ3n) is 4.78. The molecule has 158 valence electrons. The molecule has 0 aliphatic rings. The highest BCUT2D eigenvalue weighted by Crippen LogP contribution is 2.39. The van der Waals surface area contributed by atoms with Crippen molar-refractivity contribution in [3.8, 4) is 28.6 Å². The first-order valence-corrected chi connectivity index (χ1v) is 9.97. The standard InChI is InChI=1S/C23H20ClN3O4/c1-4-31-23(28)17-13-27(18-10-11-25-16-12-14(24)8-9-15(16)18)22(26-17)21-19(29-2)6-5-7-20(21)30-3/h5-13H,4H2,1-3H3. The number of carbonyl (C=O) groups is 1. The first-order chi connectivity index (χ1) is 15.1. The van der Waals surface area contributed by atoms with Crippen LogP contribution >= 0.6 is 11.6 Å². The van der Waals surface area contributed by atoms with Crippen LogP contribution in [0.5, 0.6) is 11.5 Å². The minimum atomic E-state index is -0.516. The normalized spacial score (nSPS) is 10.8. The molecule has 2 aromatic carbocycles. The first-order valence-electron chi connectivity index (χ1n) is 9.59. The number of nitrogens with zero attached hydrogens (tertiary/aromatic N) is 3. The summed E-state index contributed by atoms with van der Waals surface area (Å²) in [7, 11) is 3.14. The molecule has 0 aliphatic heterocycles. The number of imidazole rings is 1. The summed E-state index contributed by atoms with van der Waals surface area (Å²) in [6, 6.07) is 12.8. The van der Waals surface area contributed by atoms with Crippen LogP contribution in [0, 0.1) is 0 Å². The number of hydrogen-bond acceptors (Lipinski definition) is 6. The van der Waals surface area contributed by atoms with Crippen molar-refractivity contribution < 1.29 is 19.0 Å². The number of hydrogen-bond donors (Lipinski definition) is 0. The topological polar surface area (TPSA) is 75.5 Å². The number of methoxy groups -OCH3 is 2. The van der Waals surface area contributed by atoms with E-state index in [4.69, 9.17) is 25.8 Å². The van der Waals surface area contributed by atoms with E-state index in [0.717, 1.165) is 11.1 Å². The Labute approximate surface area is 184 Å². The number of rotatable bonds is 6. The fourth-order valence-electron chi connectivity index (χ4n) is 3.43. The van der Waals surface area contributed by atoms with E-state index in [1.165, 1.54) is 0 Å². The molecule has 0 radical (unpaired) electrons. The number of aromatic nitrogens is 3. The summed E-state index contributed by atoms with van der Waals surface area (Å²) >= 11 is 6.15. The zero-order valence-electron chi connectivity index (χ0n) is 17.3. The van der Waals surface area contributed by atoms with E-state index in [-0.39, 0.29) is 12.3 Å². The molecule has 0 N–H and O–H groups in total. The van der Waals surface area contributed by atoms with Crippen molar-refractivity contribution in [2.75, 3.05) is 20.8 Å². The van der Waals surface area contributed by atoms with Gasteiger partial charge in [-0.25, -0.2) is 9.78 Å². The Hall–Kier alpha value is -3.58. The van der Waals surface area contributed by atoms with Crippen molar-refractivity contribution in [3.05, 3.63) is 65.6 Å². The second-order valence-corrected chi connectivity index (χ2v) is 7.01. The van der Waals surface area contributed by atoms with Crippen LogP contribution < -0.4 is 9.47 Å². The number of fused-ring (bicyclic) bond motifs is 1. The Kier molecular flexibility index (Phi) is 5.77. The lowest BCUT2D eigenvalue weighted by Crippen LogP contribution is -2.04. The van der Waals surface area contributed by atoms with Gasteiger partial charge >= 0.3 is 5.97 Å². The molecule has 0 fully saturated rings. The van der Waals surface area contributed by atoms with Crippen LogP contribution in [0.2, 0.25) is 5.02 Å². The lowest BCUT2D eigenvalue weighted by molar-refractivity contribution is 0.0520. The smallest absolute Gasteiger partial charge is 0.358 e. The van der Waals surface area contributed by atoms with E-state index >= 15 is 0 Å². The van der Waals surface area contributed by atoms with Gasteiger partial charge in [0.25, 0.3) is 0 Å². The summed E-state index contributed by atoms with van der Waals surface area (Å²) < 4.78 is 18.1. The van der Waals surface area contributed by atoms with Gasteiger partial charge in [-0.15, -0.1) is 0 Å². The van der Waals surface area contributed by atoms with Gasteiger partial charge in [0.1, 0.15) is 17.1 Å². The first kappa shape index (κ1) is 20.7. The highest BCUT2D eigenvalue weighted by atomic mass is 35.5. The fraction of sp³-hybridized carbons (Fsp3) is 0.174. The van der Waals surface area contributed by atoms with Crippen LogP contribution in [0.1, 0.15) is 17.4 Å². The third-order valence-corrected chi connectivity index (χ3v) is 5.02. The number of ether oxygens (including phenoxy) is 3. The number of pyridine rings is 1. The van der Waals surface area contributed by atoms with E-state index in [9.17, 15) is 4.79 Å². The van der Waals surface area contributed by atoms with Gasteiger partial charge in [-0.3, -0.25) is 9.55 Å². The average Bonchev–Trinajstić information content (AvgIpc) is 3.22. The van der Waals surface area contributed by atoms with Crippen molar-refractivity contribution in [2.24, 2.45) is 0 Å². The Morgan fingerprint density at radius 2 is 1.84 bits per heavy atom. The SMILES string of the molecule is CCOC(=O)c1cn(-c2ccnc3cc(Cl)ccc23)c(-c2c(OC)cccc2OC)n1. The van der Waals surface area contributed by atoms with E-state index in [2.05, 4.69) is 9.97 Å². The monoisotopic (exact) mass is 437 g/mol. The summed E-state index contributed by atoms with van der Waals surface area (Å²) in [6.45, 7) is 1.99. The van der Waals surface area contributed by atoms with Crippen LogP contribution in [0.4, 0.5) is 0 Å². The Morgan fingerprint density at radius 3 is 2.52 bits per heavy atom. The van der Waals surface area contributed by atoms with Gasteiger partial charge in [0.2, 0.25) is 0 Å². The molecule has 0 saturated heterocycles. The number of benzene rings is 2. The molecule has 0 unspecified atom stereocenters. The quantitative estimate of drug-likeness (QED) is 0.398. The Bertz CT molecular complexity index is 1250. The highest BCUT2D eigenvalue weighted by Gasteiger charge is 2.24. The van der Waals surface area contributed by atoms with Crippen LogP contribution in [0.3, 0.4) is 0 Å². The van der Waals surface area contributed by atoms with Crippen LogP contribution in [-0.2, 0) is 4.74 Å². The largest absolute Gasteiger partial charge is 0.496 e. The number of esters is 1. The molecule has 0 aliphatic carbocycles. The molecule has 7 nitrogen and oxygen atoms in total. The molecule has 0 saturated carbocycles. The van der Waals surface area contributed by atoms with E-state index in [1.54, 1.807) is 45.7 Å². The minimum absolute atomic E-state index is 0.170. The molecule has 2 heterocycles. The van der Waals surface area contributed by atoms with Crippen molar-refractivity contribution in [1.29, 1.82) is 0 Å². The van der Waals surface area contributed by atoms with Crippen molar-refractivity contribution in [3.63, 3.8) is 0 Å². The van der Waals surface area contributed by atoms with Crippen LogP contribution in [0.25, 0.3) is 28.0 Å². The molecule has 8 heteroatoms. The van der Waals surface area contributed by atoms with Gasteiger partial charge in [-0.2, -0.15) is 0 Å². The molecule has 0 spiro atoms. The van der Waals surface area contributed by atoms with Crippen LogP contribution in [0.15, 0.2) is 54.9 Å². The summed E-state index contributed by atoms with van der Waals surface area (Å²) in [4.78, 5) is 21.5. The minimum Gasteiger partial charge on any atom is -0.496 e. The average molecular weight is 438 g/mol. The van der Waals surface area contributed by atoms with Gasteiger partial charge < -0.3 is 14.2 Å². The molecule has 31 heavy (non-hydrogen) atoms. The maximum absolute atomic E-state index is 12.5. The van der Waals surface area contributed by atoms with Gasteiger partial charge in [-0.1, -0.05) is 17.7 Å². The molecule has 0 amide bonds. The van der Waals surface area contributed by atoms with Gasteiger partial charge in [-0.05, 0) is 43.3 Å². The highest BCUT2D eigenvalue weighted by molar-refractivity contribution is 6.31. The predicted molar refractivity (Wildman–Crippen MR) is 118 cm³/mol. The van der Waals surface area contributed by atoms with E-state index < -0.39 is 5.97 Å². The van der Waals surface area contributed by atoms with Crippen molar-refractivity contribution in [1.82, 2.24) is 14.5 Å². The van der Waals surface area contributed by atoms with E-state index in [1.807, 2.05) is 34.9 Å². The van der Waals surface area contributed by atoms with Crippen molar-refractivity contribution >= 4 is 28.5 Å². The summed E-state index contributed by atoms with van der Waals surface area (Å²) in [5.74, 6) is 1.07. The molecule has 4 aromatic rings. The lowest BCUT2D eigenvalue weighted by Gasteiger charge is -2.15. The van der Waals surface area contributed by atoms with Crippen LogP contribution in [-0.4, -0.2) is 41.3 Å². The molecular formula is C23H20ClN3O4. The third kappa shape index (κ3) is 3.80. The Morgan fingerprint density at radius 1 is 1.10 bits per heavy atom. The molecular weight excluding hydrogens is 418 g/mol. The maximum Gasteiger partial charge on any atom is 0.358 e. The van der Waals surface area contributed by atoms with E-state index in [0.29, 0.717) is 33.4 Å². The molecule has 2 aromatic heterocycles. The second-order valence-electron chi connectivity index (χ2n) is 6.57.